The van der Waals surface area contributed by atoms with Gasteiger partial charge in [0.15, 0.2) is 0 Å². The molecule has 4 rings (SSSR count). The normalized spacial score (nSPS) is 17.2. The zero-order chi connectivity index (χ0) is 19.7. The molecule has 1 amide bonds. The van der Waals surface area contributed by atoms with Crippen molar-refractivity contribution in [1.82, 2.24) is 20.0 Å². The number of carbonyl (C=O) groups excluding carboxylic acids is 1. The SMILES string of the molecule is CC[C@H]1C(=O)N(C)CCN1c1ccc(-c2nc(-c3ccccc3F)no2)cn1. The Morgan fingerprint density at radius 3 is 2.75 bits per heavy atom. The summed E-state index contributed by atoms with van der Waals surface area (Å²) >= 11 is 0. The van der Waals surface area contributed by atoms with Crippen LogP contribution in [0.15, 0.2) is 47.1 Å². The lowest BCUT2D eigenvalue weighted by Crippen LogP contribution is -2.55. The summed E-state index contributed by atoms with van der Waals surface area (Å²) in [5, 5.41) is 3.87. The molecule has 3 aromatic rings. The van der Waals surface area contributed by atoms with Crippen molar-refractivity contribution in [1.29, 1.82) is 0 Å². The molecule has 0 aliphatic carbocycles. The van der Waals surface area contributed by atoms with Crippen molar-refractivity contribution >= 4 is 11.7 Å². The average Bonchev–Trinajstić information content (AvgIpc) is 3.20. The summed E-state index contributed by atoms with van der Waals surface area (Å²) < 4.78 is 19.2. The lowest BCUT2D eigenvalue weighted by molar-refractivity contribution is -0.132. The third-order valence-electron chi connectivity index (χ3n) is 4.93. The molecule has 2 aromatic heterocycles. The summed E-state index contributed by atoms with van der Waals surface area (Å²) in [6, 6.07) is 9.71. The quantitative estimate of drug-likeness (QED) is 0.692. The van der Waals surface area contributed by atoms with Gasteiger partial charge in [-0.2, -0.15) is 4.98 Å². The van der Waals surface area contributed by atoms with Gasteiger partial charge in [0.25, 0.3) is 5.89 Å². The monoisotopic (exact) mass is 381 g/mol. The van der Waals surface area contributed by atoms with Crippen LogP contribution in [-0.4, -0.2) is 52.1 Å². The number of halogens is 1. The van der Waals surface area contributed by atoms with Crippen molar-refractivity contribution in [3.05, 3.63) is 48.4 Å². The van der Waals surface area contributed by atoms with Crippen molar-refractivity contribution in [2.45, 2.75) is 19.4 Å². The maximum absolute atomic E-state index is 13.9. The molecule has 7 nitrogen and oxygen atoms in total. The summed E-state index contributed by atoms with van der Waals surface area (Å²) in [4.78, 5) is 24.9. The highest BCUT2D eigenvalue weighted by molar-refractivity contribution is 5.86. The second kappa shape index (κ2) is 7.38. The molecule has 0 N–H and O–H groups in total. The minimum atomic E-state index is -0.409. The predicted octanol–water partition coefficient (Wildman–Crippen LogP) is 2.99. The highest BCUT2D eigenvalue weighted by Gasteiger charge is 2.32. The molecule has 3 heterocycles. The molecule has 144 valence electrons. The molecular weight excluding hydrogens is 361 g/mol. The Labute approximate surface area is 161 Å². The van der Waals surface area contributed by atoms with Crippen molar-refractivity contribution in [3.8, 4) is 22.8 Å². The first-order valence-electron chi connectivity index (χ1n) is 9.15. The standard InChI is InChI=1S/C20H20FN5O2/c1-3-16-20(27)25(2)10-11-26(16)17-9-8-13(12-22-17)19-23-18(24-28-19)14-6-4-5-7-15(14)21/h4-9,12,16H,3,10-11H2,1-2H3/t16-/m0/s1. The first-order valence-corrected chi connectivity index (χ1v) is 9.15. The molecule has 0 saturated carbocycles. The van der Waals surface area contributed by atoms with Gasteiger partial charge in [-0.1, -0.05) is 24.2 Å². The van der Waals surface area contributed by atoms with E-state index in [1.807, 2.05) is 31.0 Å². The number of likely N-dealkylation sites (N-methyl/N-ethyl adjacent to an activating group) is 1. The van der Waals surface area contributed by atoms with Crippen LogP contribution < -0.4 is 4.90 Å². The van der Waals surface area contributed by atoms with Crippen molar-refractivity contribution in [2.24, 2.45) is 0 Å². The molecule has 8 heteroatoms. The van der Waals surface area contributed by atoms with E-state index < -0.39 is 5.82 Å². The van der Waals surface area contributed by atoms with Crippen LogP contribution in [0.25, 0.3) is 22.8 Å². The van der Waals surface area contributed by atoms with Gasteiger partial charge in [-0.05, 0) is 30.7 Å². The third-order valence-corrected chi connectivity index (χ3v) is 4.93. The van der Waals surface area contributed by atoms with Crippen molar-refractivity contribution in [3.63, 3.8) is 0 Å². The number of rotatable bonds is 4. The van der Waals surface area contributed by atoms with Gasteiger partial charge in [0.05, 0.1) is 11.1 Å². The Hall–Kier alpha value is -3.29. The topological polar surface area (TPSA) is 75.4 Å². The van der Waals surface area contributed by atoms with Crippen LogP contribution in [0.5, 0.6) is 0 Å². The van der Waals surface area contributed by atoms with E-state index in [0.717, 1.165) is 12.4 Å². The number of hydrogen-bond donors (Lipinski definition) is 0. The largest absolute Gasteiger partial charge is 0.343 e. The second-order valence-electron chi connectivity index (χ2n) is 6.69. The number of benzene rings is 1. The van der Waals surface area contributed by atoms with E-state index in [0.29, 0.717) is 18.5 Å². The zero-order valence-corrected chi connectivity index (χ0v) is 15.7. The third kappa shape index (κ3) is 3.21. The number of anilines is 1. The number of carbonyl (C=O) groups is 1. The van der Waals surface area contributed by atoms with Crippen molar-refractivity contribution in [2.75, 3.05) is 25.0 Å². The number of nitrogens with zero attached hydrogens (tertiary/aromatic N) is 5. The summed E-state index contributed by atoms with van der Waals surface area (Å²) in [7, 11) is 1.82. The zero-order valence-electron chi connectivity index (χ0n) is 15.7. The first kappa shape index (κ1) is 18.1. The van der Waals surface area contributed by atoms with Crippen LogP contribution in [0.4, 0.5) is 10.2 Å². The number of hydrogen-bond acceptors (Lipinski definition) is 6. The molecule has 0 unspecified atom stereocenters. The van der Waals surface area contributed by atoms with Crippen LogP contribution in [0.1, 0.15) is 13.3 Å². The Morgan fingerprint density at radius 1 is 1.21 bits per heavy atom. The molecule has 0 radical (unpaired) electrons. The number of piperazine rings is 1. The summed E-state index contributed by atoms with van der Waals surface area (Å²) in [6.45, 7) is 3.38. The smallest absolute Gasteiger partial charge is 0.259 e. The van der Waals surface area contributed by atoms with Crippen LogP contribution in [0.2, 0.25) is 0 Å². The van der Waals surface area contributed by atoms with Crippen LogP contribution in [-0.2, 0) is 4.79 Å². The van der Waals surface area contributed by atoms with E-state index in [4.69, 9.17) is 4.52 Å². The van der Waals surface area contributed by atoms with E-state index in [9.17, 15) is 9.18 Å². The maximum atomic E-state index is 13.9. The molecule has 28 heavy (non-hydrogen) atoms. The minimum absolute atomic E-state index is 0.103. The van der Waals surface area contributed by atoms with Crippen LogP contribution in [0, 0.1) is 5.82 Å². The molecule has 1 fully saturated rings. The molecule has 1 aliphatic heterocycles. The van der Waals surface area contributed by atoms with Crippen molar-refractivity contribution < 1.29 is 13.7 Å². The van der Waals surface area contributed by atoms with E-state index in [-0.39, 0.29) is 29.2 Å². The van der Waals surface area contributed by atoms with E-state index in [1.54, 1.807) is 29.3 Å². The highest BCUT2D eigenvalue weighted by Crippen LogP contribution is 2.26. The number of pyridine rings is 1. The summed E-state index contributed by atoms with van der Waals surface area (Å²) in [6.07, 6.45) is 2.34. The molecular formula is C20H20FN5O2. The van der Waals surface area contributed by atoms with Gasteiger partial charge in [0, 0.05) is 26.3 Å². The van der Waals surface area contributed by atoms with Gasteiger partial charge in [0.1, 0.15) is 17.7 Å². The fourth-order valence-corrected chi connectivity index (χ4v) is 3.36. The van der Waals surface area contributed by atoms with Gasteiger partial charge < -0.3 is 14.3 Å². The van der Waals surface area contributed by atoms with Gasteiger partial charge in [-0.3, -0.25) is 4.79 Å². The predicted molar refractivity (Wildman–Crippen MR) is 102 cm³/mol. The molecule has 1 atom stereocenters. The number of amides is 1. The first-order chi connectivity index (χ1) is 13.6. The van der Waals surface area contributed by atoms with Gasteiger partial charge >= 0.3 is 0 Å². The Kier molecular flexibility index (Phi) is 4.77. The summed E-state index contributed by atoms with van der Waals surface area (Å²) in [5.74, 6) is 0.873. The van der Waals surface area contributed by atoms with E-state index >= 15 is 0 Å². The molecule has 1 aromatic carbocycles. The second-order valence-corrected chi connectivity index (χ2v) is 6.69. The molecule has 0 spiro atoms. The summed E-state index contributed by atoms with van der Waals surface area (Å²) in [5.41, 5.74) is 0.913. The maximum Gasteiger partial charge on any atom is 0.259 e. The fourth-order valence-electron chi connectivity index (χ4n) is 3.36. The molecule has 1 saturated heterocycles. The van der Waals surface area contributed by atoms with E-state index in [2.05, 4.69) is 15.1 Å². The lowest BCUT2D eigenvalue weighted by Gasteiger charge is -2.39. The van der Waals surface area contributed by atoms with Gasteiger partial charge in [0.2, 0.25) is 11.7 Å². The average molecular weight is 381 g/mol. The fraction of sp³-hybridized carbons (Fsp3) is 0.300. The molecule has 0 bridgehead atoms. The Balaban J connectivity index is 1.57. The Bertz CT molecular complexity index is 988. The Morgan fingerprint density at radius 2 is 2.04 bits per heavy atom. The van der Waals surface area contributed by atoms with Crippen LogP contribution >= 0.6 is 0 Å². The minimum Gasteiger partial charge on any atom is -0.343 e. The van der Waals surface area contributed by atoms with E-state index in [1.165, 1.54) is 6.07 Å². The lowest BCUT2D eigenvalue weighted by atomic mass is 10.1. The van der Waals surface area contributed by atoms with Gasteiger partial charge in [-0.15, -0.1) is 0 Å². The van der Waals surface area contributed by atoms with Crippen LogP contribution in [0.3, 0.4) is 0 Å². The molecule has 1 aliphatic rings. The highest BCUT2D eigenvalue weighted by atomic mass is 19.1. The van der Waals surface area contributed by atoms with Gasteiger partial charge in [-0.25, -0.2) is 9.37 Å². The number of aromatic nitrogens is 3.